The second kappa shape index (κ2) is 3.42. The van der Waals surface area contributed by atoms with Crippen LogP contribution in [0.2, 0.25) is 0 Å². The molecule has 2 rings (SSSR count). The fourth-order valence-electron chi connectivity index (χ4n) is 1.89. The lowest BCUT2D eigenvalue weighted by Crippen LogP contribution is -2.59. The SMILES string of the molecule is CC(C)(C(=O)N1CC(F)C1)S(=O)(=O)C1CC1. The van der Waals surface area contributed by atoms with Crippen molar-refractivity contribution in [2.75, 3.05) is 13.1 Å². The lowest BCUT2D eigenvalue weighted by molar-refractivity contribution is -0.140. The number of sulfone groups is 1. The minimum absolute atomic E-state index is 0.0302. The Morgan fingerprint density at radius 1 is 1.31 bits per heavy atom. The average Bonchev–Trinajstić information content (AvgIpc) is 2.94. The first kappa shape index (κ1) is 11.8. The maximum absolute atomic E-state index is 12.6. The summed E-state index contributed by atoms with van der Waals surface area (Å²) >= 11 is 0. The summed E-state index contributed by atoms with van der Waals surface area (Å²) in [5.74, 6) is -0.465. The molecule has 16 heavy (non-hydrogen) atoms. The Bertz CT molecular complexity index is 408. The highest BCUT2D eigenvalue weighted by atomic mass is 32.2. The van der Waals surface area contributed by atoms with E-state index in [2.05, 4.69) is 0 Å². The van der Waals surface area contributed by atoms with Crippen molar-refractivity contribution < 1.29 is 17.6 Å². The van der Waals surface area contributed by atoms with Crippen LogP contribution in [-0.2, 0) is 14.6 Å². The molecule has 1 amide bonds. The van der Waals surface area contributed by atoms with E-state index < -0.39 is 26.7 Å². The van der Waals surface area contributed by atoms with Crippen molar-refractivity contribution >= 4 is 15.7 Å². The molecule has 0 spiro atoms. The zero-order valence-corrected chi connectivity index (χ0v) is 10.3. The molecular weight excluding hydrogens is 233 g/mol. The Hall–Kier alpha value is -0.650. The molecule has 0 aromatic rings. The maximum Gasteiger partial charge on any atom is 0.243 e. The van der Waals surface area contributed by atoms with E-state index in [4.69, 9.17) is 0 Å². The van der Waals surface area contributed by atoms with Crippen LogP contribution in [0.3, 0.4) is 0 Å². The lowest BCUT2D eigenvalue weighted by atomic mass is 10.1. The van der Waals surface area contributed by atoms with E-state index in [9.17, 15) is 17.6 Å². The van der Waals surface area contributed by atoms with E-state index in [1.165, 1.54) is 18.7 Å². The molecule has 0 atom stereocenters. The summed E-state index contributed by atoms with van der Waals surface area (Å²) in [6, 6.07) is 0. The van der Waals surface area contributed by atoms with Gasteiger partial charge in [-0.15, -0.1) is 0 Å². The number of likely N-dealkylation sites (tertiary alicyclic amines) is 1. The number of carbonyl (C=O) groups excluding carboxylic acids is 1. The Morgan fingerprint density at radius 2 is 1.81 bits per heavy atom. The maximum atomic E-state index is 12.6. The highest BCUT2D eigenvalue weighted by Crippen LogP contribution is 2.37. The zero-order valence-electron chi connectivity index (χ0n) is 9.44. The van der Waals surface area contributed by atoms with Crippen molar-refractivity contribution in [3.05, 3.63) is 0 Å². The van der Waals surface area contributed by atoms with Crippen molar-refractivity contribution in [2.45, 2.75) is 42.9 Å². The van der Waals surface area contributed by atoms with Crippen LogP contribution in [-0.4, -0.2) is 48.5 Å². The second-order valence-electron chi connectivity index (χ2n) is 5.06. The Kier molecular flexibility index (Phi) is 2.53. The van der Waals surface area contributed by atoms with E-state index in [0.717, 1.165) is 0 Å². The summed E-state index contributed by atoms with van der Waals surface area (Å²) in [6.45, 7) is 2.91. The van der Waals surface area contributed by atoms with Crippen LogP contribution in [0.15, 0.2) is 0 Å². The normalized spacial score (nSPS) is 23.1. The Morgan fingerprint density at radius 3 is 2.19 bits per heavy atom. The number of carbonyl (C=O) groups is 1. The number of amides is 1. The first-order valence-electron chi connectivity index (χ1n) is 5.43. The van der Waals surface area contributed by atoms with Gasteiger partial charge in [0, 0.05) is 0 Å². The van der Waals surface area contributed by atoms with E-state index in [1.54, 1.807) is 0 Å². The van der Waals surface area contributed by atoms with Crippen molar-refractivity contribution in [1.29, 1.82) is 0 Å². The predicted molar refractivity (Wildman–Crippen MR) is 57.5 cm³/mol. The Labute approximate surface area is 94.7 Å². The summed E-state index contributed by atoms with van der Waals surface area (Å²) < 4.78 is 35.3. The minimum atomic E-state index is -3.42. The van der Waals surface area contributed by atoms with Gasteiger partial charge < -0.3 is 4.90 Å². The molecule has 1 aliphatic heterocycles. The zero-order chi connectivity index (χ0) is 12.1. The summed E-state index contributed by atoms with van der Waals surface area (Å²) in [4.78, 5) is 13.2. The lowest BCUT2D eigenvalue weighted by Gasteiger charge is -2.39. The molecule has 0 aromatic heterocycles. The fourth-order valence-corrected chi connectivity index (χ4v) is 3.85. The molecule has 2 aliphatic rings. The van der Waals surface area contributed by atoms with Crippen molar-refractivity contribution in [3.63, 3.8) is 0 Å². The summed E-state index contributed by atoms with van der Waals surface area (Å²) in [5, 5.41) is -0.367. The first-order chi connectivity index (χ1) is 7.26. The third kappa shape index (κ3) is 1.63. The molecule has 0 N–H and O–H groups in total. The molecule has 1 saturated heterocycles. The number of hydrogen-bond donors (Lipinski definition) is 0. The molecule has 0 bridgehead atoms. The van der Waals surface area contributed by atoms with Gasteiger partial charge in [-0.05, 0) is 26.7 Å². The van der Waals surface area contributed by atoms with Gasteiger partial charge in [0.25, 0.3) is 0 Å². The summed E-state index contributed by atoms with van der Waals surface area (Å²) in [6.07, 6.45) is 0.290. The molecule has 4 nitrogen and oxygen atoms in total. The highest BCUT2D eigenvalue weighted by molar-refractivity contribution is 7.94. The van der Waals surface area contributed by atoms with E-state index in [0.29, 0.717) is 12.8 Å². The first-order valence-corrected chi connectivity index (χ1v) is 6.98. The number of nitrogens with zero attached hydrogens (tertiary/aromatic N) is 1. The standard InChI is InChI=1S/C10H16FNO3S/c1-10(2,16(14,15)8-3-4-8)9(13)12-5-7(11)6-12/h7-8H,3-6H2,1-2H3. The largest absolute Gasteiger partial charge is 0.335 e. The van der Waals surface area contributed by atoms with Crippen molar-refractivity contribution in [1.82, 2.24) is 4.90 Å². The molecule has 6 heteroatoms. The van der Waals surface area contributed by atoms with Gasteiger partial charge >= 0.3 is 0 Å². The van der Waals surface area contributed by atoms with Crippen molar-refractivity contribution in [2.24, 2.45) is 0 Å². The van der Waals surface area contributed by atoms with E-state index in [1.807, 2.05) is 0 Å². The number of hydrogen-bond acceptors (Lipinski definition) is 3. The molecule has 1 aliphatic carbocycles. The monoisotopic (exact) mass is 249 g/mol. The van der Waals surface area contributed by atoms with Crippen LogP contribution < -0.4 is 0 Å². The minimum Gasteiger partial charge on any atom is -0.335 e. The van der Waals surface area contributed by atoms with Crippen LogP contribution in [0.1, 0.15) is 26.7 Å². The van der Waals surface area contributed by atoms with Crippen LogP contribution in [0, 0.1) is 0 Å². The predicted octanol–water partition coefficient (Wildman–Crippen LogP) is 0.522. The second-order valence-corrected chi connectivity index (χ2v) is 7.84. The summed E-state index contributed by atoms with van der Waals surface area (Å²) in [7, 11) is -3.42. The topological polar surface area (TPSA) is 54.5 Å². The molecular formula is C10H16FNO3S. The fraction of sp³-hybridized carbons (Fsp3) is 0.900. The Balaban J connectivity index is 2.15. The van der Waals surface area contributed by atoms with Crippen LogP contribution >= 0.6 is 0 Å². The molecule has 0 aromatic carbocycles. The van der Waals surface area contributed by atoms with E-state index in [-0.39, 0.29) is 18.3 Å². The molecule has 1 heterocycles. The summed E-state index contributed by atoms with van der Waals surface area (Å²) in [5.41, 5.74) is 0. The van der Waals surface area contributed by atoms with Crippen LogP contribution in [0.5, 0.6) is 0 Å². The van der Waals surface area contributed by atoms with Gasteiger partial charge in [0.05, 0.1) is 18.3 Å². The quantitative estimate of drug-likeness (QED) is 0.733. The molecule has 0 unspecified atom stereocenters. The van der Waals surface area contributed by atoms with Crippen LogP contribution in [0.4, 0.5) is 4.39 Å². The molecule has 1 saturated carbocycles. The molecule has 0 radical (unpaired) electrons. The van der Waals surface area contributed by atoms with Gasteiger partial charge in [-0.2, -0.15) is 0 Å². The van der Waals surface area contributed by atoms with E-state index >= 15 is 0 Å². The van der Waals surface area contributed by atoms with Crippen molar-refractivity contribution in [3.8, 4) is 0 Å². The molecule has 92 valence electrons. The number of rotatable bonds is 3. The van der Waals surface area contributed by atoms with Gasteiger partial charge in [-0.25, -0.2) is 12.8 Å². The molecule has 2 fully saturated rings. The van der Waals surface area contributed by atoms with Gasteiger partial charge in [0.2, 0.25) is 5.91 Å². The third-order valence-corrected chi connectivity index (χ3v) is 6.26. The third-order valence-electron chi connectivity index (χ3n) is 3.31. The van der Waals surface area contributed by atoms with Gasteiger partial charge in [-0.1, -0.05) is 0 Å². The van der Waals surface area contributed by atoms with Gasteiger partial charge in [0.1, 0.15) is 10.9 Å². The average molecular weight is 249 g/mol. The number of halogens is 1. The van der Waals surface area contributed by atoms with Crippen LogP contribution in [0.25, 0.3) is 0 Å². The van der Waals surface area contributed by atoms with Gasteiger partial charge in [0.15, 0.2) is 9.84 Å². The highest BCUT2D eigenvalue weighted by Gasteiger charge is 2.53. The smallest absolute Gasteiger partial charge is 0.243 e. The van der Waals surface area contributed by atoms with Gasteiger partial charge in [-0.3, -0.25) is 4.79 Å². The number of alkyl halides is 1.